The molecule has 1 N–H and O–H groups in total. The van der Waals surface area contributed by atoms with Crippen LogP contribution in [-0.2, 0) is 33.7 Å². The van der Waals surface area contributed by atoms with Crippen molar-refractivity contribution in [3.63, 3.8) is 0 Å². The van der Waals surface area contributed by atoms with Gasteiger partial charge in [-0.3, -0.25) is 9.36 Å². The topological polar surface area (TPSA) is 132 Å². The van der Waals surface area contributed by atoms with Gasteiger partial charge in [-0.2, -0.15) is 4.98 Å². The lowest BCUT2D eigenvalue weighted by molar-refractivity contribution is -0.118. The first-order valence-corrected chi connectivity index (χ1v) is 27.5. The molecule has 69 heavy (non-hydrogen) atoms. The molecule has 5 aromatic carbocycles. The molecule has 3 saturated heterocycles. The molecule has 0 radical (unpaired) electrons. The van der Waals surface area contributed by atoms with Crippen LogP contribution in [0.3, 0.4) is 0 Å². The van der Waals surface area contributed by atoms with Crippen molar-refractivity contribution in [1.82, 2.24) is 14.2 Å². The summed E-state index contributed by atoms with van der Waals surface area (Å²) in [6, 6.07) is 50.2. The number of fused-ring (bicyclic) bond motifs is 1. The Morgan fingerprint density at radius 1 is 0.783 bits per heavy atom. The number of nitrogens with zero attached hydrogens (tertiary/aromatic N) is 3. The number of nitrogens with one attached hydrogen (secondary N) is 1. The molecule has 3 fully saturated rings. The van der Waals surface area contributed by atoms with E-state index in [4.69, 9.17) is 32.7 Å². The molecule has 1 aromatic heterocycles. The zero-order valence-corrected chi connectivity index (χ0v) is 41.9. The average Bonchev–Trinajstić information content (AvgIpc) is 4.10. The predicted octanol–water partition coefficient (Wildman–Crippen LogP) is 8.14. The number of methoxy groups -OCH3 is 3. The molecule has 3 aliphatic rings. The third-order valence-electron chi connectivity index (χ3n) is 13.9. The molecule has 0 spiro atoms. The first kappa shape index (κ1) is 48.5. The van der Waals surface area contributed by atoms with Crippen molar-refractivity contribution >= 4 is 38.7 Å². The fourth-order valence-electron chi connectivity index (χ4n) is 10.1. The minimum atomic E-state index is -2.31. The van der Waals surface area contributed by atoms with E-state index in [-0.39, 0.29) is 36.4 Å². The van der Waals surface area contributed by atoms with E-state index in [2.05, 4.69) is 94.3 Å². The van der Waals surface area contributed by atoms with Crippen LogP contribution < -0.4 is 30.9 Å². The molecule has 9 rings (SSSR count). The molecule has 0 saturated carbocycles. The third-order valence-corrected chi connectivity index (χ3v) is 20.1. The number of amides is 1. The molecule has 1 amide bonds. The van der Waals surface area contributed by atoms with Crippen LogP contribution in [0.15, 0.2) is 157 Å². The highest BCUT2D eigenvalue weighted by Crippen LogP contribution is 2.59. The second-order valence-corrected chi connectivity index (χ2v) is 24.0. The average molecular weight is 969 g/mol. The first-order chi connectivity index (χ1) is 33.6. The number of hydrogen-bond acceptors (Lipinski definition) is 11. The largest absolute Gasteiger partial charge is 0.497 e. The van der Waals surface area contributed by atoms with E-state index in [1.54, 1.807) is 47.4 Å². The second kappa shape index (κ2) is 21.2. The van der Waals surface area contributed by atoms with E-state index in [0.29, 0.717) is 11.5 Å². The summed E-state index contributed by atoms with van der Waals surface area (Å²) < 4.78 is 50.3. The quantitative estimate of drug-likeness (QED) is 0.0509. The zero-order chi connectivity index (χ0) is 48.1. The highest BCUT2D eigenvalue weighted by Gasteiger charge is 2.55. The van der Waals surface area contributed by atoms with Gasteiger partial charge in [-0.25, -0.2) is 9.46 Å². The maximum atomic E-state index is 14.0. The van der Waals surface area contributed by atoms with Gasteiger partial charge in [0.1, 0.15) is 49.3 Å². The van der Waals surface area contributed by atoms with Gasteiger partial charge in [-0.05, 0) is 65.9 Å². The van der Waals surface area contributed by atoms with Gasteiger partial charge in [0.15, 0.2) is 6.23 Å². The first-order valence-electron chi connectivity index (χ1n) is 23.6. The number of ether oxygens (including phenoxy) is 5. The molecule has 360 valence electrons. The minimum Gasteiger partial charge on any atom is -0.497 e. The monoisotopic (exact) mass is 968 g/mol. The lowest BCUT2D eigenvalue weighted by Crippen LogP contribution is -2.58. The Hall–Kier alpha value is -5.54. The second-order valence-electron chi connectivity index (χ2n) is 18.3. The fraction of sp³-hybridized carbons (Fsp3) is 0.352. The highest BCUT2D eigenvalue weighted by molar-refractivity contribution is 7.45. The smallest absolute Gasteiger partial charge is 0.351 e. The van der Waals surface area contributed by atoms with Crippen molar-refractivity contribution < 1.29 is 37.5 Å². The van der Waals surface area contributed by atoms with Gasteiger partial charge in [0, 0.05) is 31.8 Å². The van der Waals surface area contributed by atoms with Crippen LogP contribution >= 0.6 is 8.53 Å². The van der Waals surface area contributed by atoms with Crippen LogP contribution in [0.5, 0.6) is 11.5 Å². The lowest BCUT2D eigenvalue weighted by atomic mass is 9.80. The van der Waals surface area contributed by atoms with Crippen LogP contribution in [0.1, 0.15) is 49.6 Å². The van der Waals surface area contributed by atoms with Crippen molar-refractivity contribution in [1.29, 1.82) is 0 Å². The van der Waals surface area contributed by atoms with Gasteiger partial charge in [0.05, 0.1) is 26.9 Å². The molecule has 0 bridgehead atoms. The van der Waals surface area contributed by atoms with Crippen LogP contribution in [0.2, 0.25) is 12.6 Å². The Balaban J connectivity index is 1.09. The van der Waals surface area contributed by atoms with Crippen molar-refractivity contribution in [3.8, 4) is 11.5 Å². The molecule has 6 aromatic rings. The third kappa shape index (κ3) is 9.82. The number of anilines is 1. The summed E-state index contributed by atoms with van der Waals surface area (Å²) in [5.74, 6) is 1.01. The molecule has 3 aliphatic heterocycles. The molecule has 13 nitrogen and oxygen atoms in total. The number of aromatic nitrogens is 2. The highest BCUT2D eigenvalue weighted by atomic mass is 31.2. The van der Waals surface area contributed by atoms with Crippen LogP contribution in [0.25, 0.3) is 0 Å². The summed E-state index contributed by atoms with van der Waals surface area (Å²) in [6.07, 6.45) is 0.170. The Morgan fingerprint density at radius 2 is 1.35 bits per heavy atom. The summed E-state index contributed by atoms with van der Waals surface area (Å²) in [6.45, 7) is 6.83. The zero-order valence-electron chi connectivity index (χ0n) is 40.0. The van der Waals surface area contributed by atoms with E-state index in [9.17, 15) is 9.59 Å². The van der Waals surface area contributed by atoms with Gasteiger partial charge in [0.2, 0.25) is 5.91 Å². The fourth-order valence-corrected chi connectivity index (χ4v) is 16.0. The van der Waals surface area contributed by atoms with Crippen LogP contribution in [0, 0.1) is 5.92 Å². The van der Waals surface area contributed by atoms with Gasteiger partial charge in [-0.1, -0.05) is 146 Å². The Morgan fingerprint density at radius 3 is 1.88 bits per heavy atom. The van der Waals surface area contributed by atoms with E-state index in [1.807, 2.05) is 66.7 Å². The van der Waals surface area contributed by atoms with E-state index >= 15 is 0 Å². The number of benzene rings is 5. The SMILES string of the molecule is COc1ccc(C(OC[C@H]2O[C@@H](n3ccc(NC(=O)C(C)C)nc3=O)[C@H](OC)[C@@H]2O[P@@]2O[C@H](C[Si](C)(c3ccccc3)c3ccccc3)[C@@H]3CCCN32)(c2ccccc2)c2ccc(OC)cc2)cc1. The van der Waals surface area contributed by atoms with Gasteiger partial charge >= 0.3 is 5.69 Å². The van der Waals surface area contributed by atoms with Gasteiger partial charge < -0.3 is 38.0 Å². The molecule has 7 atom stereocenters. The van der Waals surface area contributed by atoms with Crippen molar-refractivity contribution in [3.05, 3.63) is 179 Å². The standard InChI is InChI=1S/C54H61N4O9PSi/c1-37(2)51(59)55-48-32-34-57(53(60)56-48)52-50(63-5)49(67-68-58-33-16-23-45(58)47(66-68)36-69(6,43-19-12-8-13-20-43)44-21-14-9-15-22-44)46(65-52)35-64-54(38-17-10-7-11-18-38,39-24-28-41(61-3)29-25-39)40-26-30-42(62-4)31-27-40/h7-15,17-22,24-32,34,37,45-47,49-50,52H,16,23,33,35-36H2,1-6H3,(H,55,56,59,60)/t45-,46+,47+,49+,50+,52+,68+/m0/s1. The van der Waals surface area contributed by atoms with Crippen molar-refractivity contribution in [2.24, 2.45) is 5.92 Å². The Labute approximate surface area is 406 Å². The predicted molar refractivity (Wildman–Crippen MR) is 270 cm³/mol. The molecular formula is C54H61N4O9PSi. The molecule has 0 unspecified atom stereocenters. The molecule has 4 heterocycles. The summed E-state index contributed by atoms with van der Waals surface area (Å²) >= 11 is 0. The number of carbonyl (C=O) groups excluding carboxylic acids is 1. The number of carbonyl (C=O) groups is 1. The van der Waals surface area contributed by atoms with E-state index in [0.717, 1.165) is 42.1 Å². The van der Waals surface area contributed by atoms with E-state index < -0.39 is 52.4 Å². The van der Waals surface area contributed by atoms with Crippen LogP contribution in [0.4, 0.5) is 5.82 Å². The van der Waals surface area contributed by atoms with E-state index in [1.165, 1.54) is 14.9 Å². The van der Waals surface area contributed by atoms with Gasteiger partial charge in [0.25, 0.3) is 8.53 Å². The molecule has 0 aliphatic carbocycles. The number of rotatable bonds is 18. The number of hydrogen-bond donors (Lipinski definition) is 1. The maximum Gasteiger partial charge on any atom is 0.351 e. The van der Waals surface area contributed by atoms with Crippen molar-refractivity contribution in [2.45, 2.75) is 81.6 Å². The Kier molecular flexibility index (Phi) is 14.9. The maximum absolute atomic E-state index is 14.0. The Bertz CT molecular complexity index is 2610. The minimum absolute atomic E-state index is 0.00170. The summed E-state index contributed by atoms with van der Waals surface area (Å²) in [5, 5.41) is 5.45. The van der Waals surface area contributed by atoms with Crippen LogP contribution in [-0.4, -0.2) is 93.1 Å². The normalized spacial score (nSPS) is 22.7. The summed E-state index contributed by atoms with van der Waals surface area (Å²) in [4.78, 5) is 30.8. The van der Waals surface area contributed by atoms with Crippen molar-refractivity contribution in [2.75, 3.05) is 39.8 Å². The summed E-state index contributed by atoms with van der Waals surface area (Å²) in [7, 11) is 0.950. The summed E-state index contributed by atoms with van der Waals surface area (Å²) in [5.41, 5.74) is 0.792. The molecular weight excluding hydrogens is 908 g/mol. The molecule has 15 heteroatoms. The van der Waals surface area contributed by atoms with Gasteiger partial charge in [-0.15, -0.1) is 0 Å². The lowest BCUT2D eigenvalue weighted by Gasteiger charge is -2.37.